The summed E-state index contributed by atoms with van der Waals surface area (Å²) >= 11 is 5.95. The van der Waals surface area contributed by atoms with Gasteiger partial charge in [0.2, 0.25) is 5.91 Å². The summed E-state index contributed by atoms with van der Waals surface area (Å²) in [4.78, 5) is 13.3. The van der Waals surface area contributed by atoms with Crippen LogP contribution in [0.2, 0.25) is 5.02 Å². The second-order valence-electron chi connectivity index (χ2n) is 6.02. The molecule has 1 aromatic carbocycles. The predicted octanol–water partition coefficient (Wildman–Crippen LogP) is 3.79. The Morgan fingerprint density at radius 3 is 2.50 bits per heavy atom. The van der Waals surface area contributed by atoms with Gasteiger partial charge in [0.05, 0.1) is 19.3 Å². The Morgan fingerprint density at radius 2 is 2.00 bits per heavy atom. The highest BCUT2D eigenvalue weighted by atomic mass is 35.5. The zero-order valence-corrected chi connectivity index (χ0v) is 14.2. The molecule has 22 heavy (non-hydrogen) atoms. The third kappa shape index (κ3) is 4.70. The van der Waals surface area contributed by atoms with Crippen LogP contribution in [-0.4, -0.2) is 36.4 Å². The summed E-state index contributed by atoms with van der Waals surface area (Å²) in [5.41, 5.74) is 1.15. The van der Waals surface area contributed by atoms with E-state index in [1.54, 1.807) is 6.92 Å². The molecule has 1 aromatic rings. The van der Waals surface area contributed by atoms with Crippen LogP contribution in [-0.2, 0) is 14.3 Å². The maximum atomic E-state index is 11.4. The molecule has 2 aliphatic heterocycles. The summed E-state index contributed by atoms with van der Waals surface area (Å²) in [5, 5.41) is 0.739. The lowest BCUT2D eigenvalue weighted by Gasteiger charge is -2.23. The fraction of sp³-hybridized carbons (Fsp3) is 0.588. The lowest BCUT2D eigenvalue weighted by Crippen LogP contribution is -2.27. The van der Waals surface area contributed by atoms with Crippen LogP contribution in [0.3, 0.4) is 0 Å². The normalized spacial score (nSPS) is 23.1. The number of halogens is 1. The van der Waals surface area contributed by atoms with Crippen LogP contribution >= 0.6 is 11.6 Å². The van der Waals surface area contributed by atoms with E-state index in [2.05, 4.69) is 0 Å². The van der Waals surface area contributed by atoms with E-state index in [0.717, 1.165) is 43.2 Å². The molecule has 0 bridgehead atoms. The molecule has 1 unspecified atom stereocenters. The molecule has 0 spiro atoms. The fourth-order valence-corrected chi connectivity index (χ4v) is 3.02. The van der Waals surface area contributed by atoms with Gasteiger partial charge in [-0.1, -0.05) is 23.7 Å². The quantitative estimate of drug-likeness (QED) is 0.788. The maximum absolute atomic E-state index is 11.4. The summed E-state index contributed by atoms with van der Waals surface area (Å²) < 4.78 is 10.2. The van der Waals surface area contributed by atoms with Crippen molar-refractivity contribution >= 4 is 17.5 Å². The van der Waals surface area contributed by atoms with Crippen LogP contribution in [0.1, 0.15) is 45.2 Å². The number of rotatable bonds is 1. The highest BCUT2D eigenvalue weighted by Crippen LogP contribution is 2.32. The number of hydrogen-bond acceptors (Lipinski definition) is 3. The van der Waals surface area contributed by atoms with Crippen molar-refractivity contribution < 1.29 is 14.3 Å². The van der Waals surface area contributed by atoms with Gasteiger partial charge in [0.15, 0.2) is 5.79 Å². The van der Waals surface area contributed by atoms with Gasteiger partial charge in [-0.2, -0.15) is 0 Å². The average Bonchev–Trinajstić information content (AvgIpc) is 3.07. The van der Waals surface area contributed by atoms with Crippen LogP contribution < -0.4 is 0 Å². The van der Waals surface area contributed by atoms with E-state index in [-0.39, 0.29) is 17.7 Å². The van der Waals surface area contributed by atoms with Crippen molar-refractivity contribution in [2.75, 3.05) is 19.8 Å². The van der Waals surface area contributed by atoms with Crippen molar-refractivity contribution in [2.24, 2.45) is 0 Å². The first-order valence-electron chi connectivity index (χ1n) is 7.70. The van der Waals surface area contributed by atoms with E-state index in [9.17, 15) is 4.79 Å². The highest BCUT2D eigenvalue weighted by molar-refractivity contribution is 6.30. The second kappa shape index (κ2) is 7.44. The Bertz CT molecular complexity index is 510. The number of hydrogen-bond donors (Lipinski definition) is 0. The van der Waals surface area contributed by atoms with Gasteiger partial charge in [0.1, 0.15) is 0 Å². The molecule has 0 aromatic heterocycles. The number of benzene rings is 1. The molecule has 5 heteroatoms. The van der Waals surface area contributed by atoms with Gasteiger partial charge in [-0.3, -0.25) is 4.79 Å². The van der Waals surface area contributed by atoms with Crippen LogP contribution in [0, 0.1) is 0 Å². The van der Waals surface area contributed by atoms with Crippen LogP contribution in [0.15, 0.2) is 24.3 Å². The topological polar surface area (TPSA) is 38.8 Å². The number of ether oxygens (including phenoxy) is 2. The number of amides is 1. The monoisotopic (exact) mass is 325 g/mol. The first kappa shape index (κ1) is 17.3. The summed E-state index contributed by atoms with van der Waals surface area (Å²) in [7, 11) is 0. The largest absolute Gasteiger partial charge is 0.348 e. The lowest BCUT2D eigenvalue weighted by molar-refractivity contribution is -0.129. The number of carbonyl (C=O) groups excluding carboxylic acids is 1. The van der Waals surface area contributed by atoms with Gasteiger partial charge in [-0.05, 0) is 44.4 Å². The van der Waals surface area contributed by atoms with E-state index in [0.29, 0.717) is 0 Å². The Kier molecular flexibility index (Phi) is 5.84. The minimum atomic E-state index is -0.306. The van der Waals surface area contributed by atoms with Crippen molar-refractivity contribution in [2.45, 2.75) is 45.4 Å². The molecule has 0 aliphatic carbocycles. The van der Waals surface area contributed by atoms with Crippen LogP contribution in [0.4, 0.5) is 0 Å². The van der Waals surface area contributed by atoms with Gasteiger partial charge in [0.25, 0.3) is 0 Å². The van der Waals surface area contributed by atoms with Gasteiger partial charge in [-0.25, -0.2) is 0 Å². The molecule has 0 radical (unpaired) electrons. The van der Waals surface area contributed by atoms with Crippen molar-refractivity contribution in [3.63, 3.8) is 0 Å². The molecule has 1 amide bonds. The third-order valence-electron chi connectivity index (χ3n) is 3.87. The number of nitrogens with zero attached hydrogens (tertiary/aromatic N) is 1. The van der Waals surface area contributed by atoms with Gasteiger partial charge in [0, 0.05) is 18.5 Å². The molecule has 3 rings (SSSR count). The van der Waals surface area contributed by atoms with E-state index in [4.69, 9.17) is 21.1 Å². The molecule has 0 N–H and O–H groups in total. The summed E-state index contributed by atoms with van der Waals surface area (Å²) in [6.45, 7) is 7.81. The Morgan fingerprint density at radius 1 is 1.32 bits per heavy atom. The van der Waals surface area contributed by atoms with Crippen molar-refractivity contribution in [3.8, 4) is 0 Å². The minimum absolute atomic E-state index is 0.150. The van der Waals surface area contributed by atoms with Crippen molar-refractivity contribution in [1.29, 1.82) is 0 Å². The van der Waals surface area contributed by atoms with E-state index in [1.807, 2.05) is 43.0 Å². The van der Waals surface area contributed by atoms with Crippen molar-refractivity contribution in [1.82, 2.24) is 4.90 Å². The van der Waals surface area contributed by atoms with Gasteiger partial charge < -0.3 is 14.4 Å². The Labute approximate surface area is 137 Å². The molecule has 2 fully saturated rings. The van der Waals surface area contributed by atoms with E-state index >= 15 is 0 Å². The molecule has 4 nitrogen and oxygen atoms in total. The molecule has 0 saturated carbocycles. The predicted molar refractivity (Wildman–Crippen MR) is 86.8 cm³/mol. The van der Waals surface area contributed by atoms with Gasteiger partial charge in [-0.15, -0.1) is 0 Å². The number of carbonyl (C=O) groups is 1. The molecular weight excluding hydrogens is 302 g/mol. The Hall–Kier alpha value is -1.10. The van der Waals surface area contributed by atoms with E-state index in [1.165, 1.54) is 0 Å². The zero-order chi connectivity index (χ0) is 16.2. The van der Waals surface area contributed by atoms with Crippen LogP contribution in [0.5, 0.6) is 0 Å². The average molecular weight is 326 g/mol. The molecule has 2 saturated heterocycles. The SMILES string of the molecule is CC(=O)N1CCCC1c1cccc(Cl)c1.CC1(C)OCCO1. The summed E-state index contributed by atoms with van der Waals surface area (Å²) in [5.74, 6) is -0.155. The number of likely N-dealkylation sites (tertiary alicyclic amines) is 1. The van der Waals surface area contributed by atoms with Gasteiger partial charge >= 0.3 is 0 Å². The molecule has 2 aliphatic rings. The first-order valence-corrected chi connectivity index (χ1v) is 8.07. The zero-order valence-electron chi connectivity index (χ0n) is 13.5. The molecular formula is C17H24ClNO3. The standard InChI is InChI=1S/C12H14ClNO.C5H10O2/c1-9(15)14-7-3-6-12(14)10-4-2-5-11(13)8-10;1-5(2)6-3-4-7-5/h2,4-5,8,12H,3,6-7H2,1H3;3-4H2,1-2H3. The second-order valence-corrected chi connectivity index (χ2v) is 6.46. The van der Waals surface area contributed by atoms with E-state index < -0.39 is 0 Å². The summed E-state index contributed by atoms with van der Waals surface area (Å²) in [6, 6.07) is 8.01. The van der Waals surface area contributed by atoms with Crippen LogP contribution in [0.25, 0.3) is 0 Å². The lowest BCUT2D eigenvalue weighted by atomic mass is 10.0. The minimum Gasteiger partial charge on any atom is -0.348 e. The molecule has 2 heterocycles. The maximum Gasteiger partial charge on any atom is 0.219 e. The Balaban J connectivity index is 0.000000211. The third-order valence-corrected chi connectivity index (χ3v) is 4.11. The highest BCUT2D eigenvalue weighted by Gasteiger charge is 2.27. The molecule has 1 atom stereocenters. The smallest absolute Gasteiger partial charge is 0.219 e. The van der Waals surface area contributed by atoms with Crippen molar-refractivity contribution in [3.05, 3.63) is 34.9 Å². The molecule has 122 valence electrons. The summed E-state index contributed by atoms with van der Waals surface area (Å²) in [6.07, 6.45) is 2.12. The fourth-order valence-electron chi connectivity index (χ4n) is 2.82. The first-order chi connectivity index (χ1) is 10.4.